The van der Waals surface area contributed by atoms with Crippen molar-refractivity contribution in [3.63, 3.8) is 0 Å². The van der Waals surface area contributed by atoms with Gasteiger partial charge in [-0.2, -0.15) is 0 Å². The zero-order chi connectivity index (χ0) is 20.5. The van der Waals surface area contributed by atoms with Crippen molar-refractivity contribution in [3.05, 3.63) is 54.4 Å². The molecule has 156 valence electrons. The SMILES string of the molecule is O=C(CC1CC1)N1CC(Oc2ccc(NC(=O)N3CC(c4cccnc4)C3)cc2)C1. The number of nitrogens with zero attached hydrogens (tertiary/aromatic N) is 3. The third-order valence-corrected chi connectivity index (χ3v) is 6.09. The van der Waals surface area contributed by atoms with Crippen LogP contribution in [0.25, 0.3) is 0 Å². The van der Waals surface area contributed by atoms with Crippen molar-refractivity contribution >= 4 is 17.6 Å². The van der Waals surface area contributed by atoms with Crippen LogP contribution in [0.4, 0.5) is 10.5 Å². The number of nitrogens with one attached hydrogen (secondary N) is 1. The molecule has 1 aromatic carbocycles. The number of urea groups is 1. The molecule has 1 aliphatic carbocycles. The van der Waals surface area contributed by atoms with Gasteiger partial charge >= 0.3 is 6.03 Å². The van der Waals surface area contributed by atoms with E-state index in [1.807, 2.05) is 41.4 Å². The van der Waals surface area contributed by atoms with E-state index < -0.39 is 0 Å². The lowest BCUT2D eigenvalue weighted by molar-refractivity contribution is -0.140. The summed E-state index contributed by atoms with van der Waals surface area (Å²) in [6, 6.07) is 11.3. The highest BCUT2D eigenvalue weighted by Crippen LogP contribution is 2.33. The first-order valence-corrected chi connectivity index (χ1v) is 10.6. The fraction of sp³-hybridized carbons (Fsp3) is 0.435. The molecule has 2 aliphatic heterocycles. The van der Waals surface area contributed by atoms with Crippen LogP contribution in [-0.4, -0.2) is 59.0 Å². The molecule has 1 saturated carbocycles. The van der Waals surface area contributed by atoms with Crippen molar-refractivity contribution < 1.29 is 14.3 Å². The number of anilines is 1. The predicted molar refractivity (Wildman–Crippen MR) is 112 cm³/mol. The maximum absolute atomic E-state index is 12.4. The standard InChI is InChI=1S/C23H26N4O3/c28-22(10-16-3-4-16)26-14-21(15-26)30-20-7-5-19(6-8-20)25-23(29)27-12-18(13-27)17-2-1-9-24-11-17/h1-2,5-9,11,16,18,21H,3-4,10,12-15H2,(H,25,29). The molecular weight excluding hydrogens is 380 g/mol. The number of carbonyl (C=O) groups excluding carboxylic acids is 2. The minimum Gasteiger partial charge on any atom is -0.487 e. The van der Waals surface area contributed by atoms with Crippen LogP contribution >= 0.6 is 0 Å². The lowest BCUT2D eigenvalue weighted by Crippen LogP contribution is -2.56. The van der Waals surface area contributed by atoms with Gasteiger partial charge in [0.1, 0.15) is 11.9 Å². The zero-order valence-corrected chi connectivity index (χ0v) is 16.9. The smallest absolute Gasteiger partial charge is 0.321 e. The van der Waals surface area contributed by atoms with Crippen LogP contribution in [0.3, 0.4) is 0 Å². The van der Waals surface area contributed by atoms with Gasteiger partial charge in [0, 0.05) is 43.5 Å². The van der Waals surface area contributed by atoms with Crippen LogP contribution in [0.5, 0.6) is 5.75 Å². The van der Waals surface area contributed by atoms with Crippen LogP contribution in [0.15, 0.2) is 48.8 Å². The molecule has 3 heterocycles. The van der Waals surface area contributed by atoms with Gasteiger partial charge in [-0.05, 0) is 54.7 Å². The summed E-state index contributed by atoms with van der Waals surface area (Å²) in [5.41, 5.74) is 1.92. The van der Waals surface area contributed by atoms with Crippen LogP contribution in [-0.2, 0) is 4.79 Å². The summed E-state index contributed by atoms with van der Waals surface area (Å²) in [6.45, 7) is 2.74. The minimum absolute atomic E-state index is 0.0547. The third-order valence-electron chi connectivity index (χ3n) is 6.09. The Morgan fingerprint density at radius 3 is 2.47 bits per heavy atom. The van der Waals surface area contributed by atoms with Gasteiger partial charge in [-0.15, -0.1) is 0 Å². The Hall–Kier alpha value is -3.09. The molecule has 30 heavy (non-hydrogen) atoms. The second-order valence-corrected chi connectivity index (χ2v) is 8.53. The molecule has 1 N–H and O–H groups in total. The Kier molecular flexibility index (Phi) is 5.02. The Balaban J connectivity index is 1.04. The fourth-order valence-corrected chi connectivity index (χ4v) is 3.90. The van der Waals surface area contributed by atoms with E-state index >= 15 is 0 Å². The van der Waals surface area contributed by atoms with Crippen molar-refractivity contribution in [1.82, 2.24) is 14.8 Å². The number of benzene rings is 1. The molecule has 1 aromatic heterocycles. The van der Waals surface area contributed by atoms with E-state index in [1.165, 1.54) is 18.4 Å². The fourth-order valence-electron chi connectivity index (χ4n) is 3.90. The maximum Gasteiger partial charge on any atom is 0.321 e. The maximum atomic E-state index is 12.4. The van der Waals surface area contributed by atoms with E-state index in [4.69, 9.17) is 4.74 Å². The van der Waals surface area contributed by atoms with Crippen molar-refractivity contribution in [2.75, 3.05) is 31.5 Å². The highest BCUT2D eigenvalue weighted by molar-refractivity contribution is 5.90. The number of rotatable bonds is 6. The van der Waals surface area contributed by atoms with Gasteiger partial charge in [-0.25, -0.2) is 4.79 Å². The quantitative estimate of drug-likeness (QED) is 0.800. The number of hydrogen-bond donors (Lipinski definition) is 1. The zero-order valence-electron chi connectivity index (χ0n) is 16.9. The van der Waals surface area contributed by atoms with Crippen molar-refractivity contribution in [2.24, 2.45) is 5.92 Å². The summed E-state index contributed by atoms with van der Waals surface area (Å²) in [5.74, 6) is 2.00. The van der Waals surface area contributed by atoms with E-state index in [1.54, 1.807) is 11.1 Å². The summed E-state index contributed by atoms with van der Waals surface area (Å²) in [6.07, 6.45) is 6.77. The first kappa shape index (κ1) is 18.9. The van der Waals surface area contributed by atoms with Crippen LogP contribution < -0.4 is 10.1 Å². The van der Waals surface area contributed by atoms with Gasteiger partial charge in [0.05, 0.1) is 13.1 Å². The Bertz CT molecular complexity index is 902. The summed E-state index contributed by atoms with van der Waals surface area (Å²) < 4.78 is 5.93. The molecule has 0 atom stereocenters. The average Bonchev–Trinajstić information content (AvgIpc) is 3.49. The number of amides is 3. The molecule has 2 aromatic rings. The van der Waals surface area contributed by atoms with Gasteiger partial charge in [-0.3, -0.25) is 9.78 Å². The Morgan fingerprint density at radius 1 is 1.03 bits per heavy atom. The van der Waals surface area contributed by atoms with Gasteiger partial charge in [0.15, 0.2) is 0 Å². The highest BCUT2D eigenvalue weighted by atomic mass is 16.5. The number of ether oxygens (including phenoxy) is 1. The molecular formula is C23H26N4O3. The second kappa shape index (κ2) is 7.97. The van der Waals surface area contributed by atoms with Crippen molar-refractivity contribution in [2.45, 2.75) is 31.3 Å². The van der Waals surface area contributed by atoms with Gasteiger partial charge < -0.3 is 19.9 Å². The van der Waals surface area contributed by atoms with Gasteiger partial charge in [0.2, 0.25) is 5.91 Å². The molecule has 5 rings (SSSR count). The first-order valence-electron chi connectivity index (χ1n) is 10.6. The molecule has 3 fully saturated rings. The first-order chi connectivity index (χ1) is 14.6. The molecule has 0 unspecified atom stereocenters. The summed E-state index contributed by atoms with van der Waals surface area (Å²) >= 11 is 0. The Morgan fingerprint density at radius 2 is 1.80 bits per heavy atom. The third kappa shape index (κ3) is 4.25. The highest BCUT2D eigenvalue weighted by Gasteiger charge is 2.35. The molecule has 7 heteroatoms. The summed E-state index contributed by atoms with van der Waals surface area (Å²) in [5, 5.41) is 2.93. The number of hydrogen-bond acceptors (Lipinski definition) is 4. The van der Waals surface area contributed by atoms with Crippen molar-refractivity contribution in [1.29, 1.82) is 0 Å². The Labute approximate surface area is 176 Å². The monoisotopic (exact) mass is 406 g/mol. The molecule has 2 saturated heterocycles. The van der Waals surface area contributed by atoms with E-state index in [2.05, 4.69) is 16.4 Å². The number of pyridine rings is 1. The lowest BCUT2D eigenvalue weighted by atomic mass is 9.93. The molecule has 3 amide bonds. The topological polar surface area (TPSA) is 74.8 Å². The van der Waals surface area contributed by atoms with Crippen LogP contribution in [0, 0.1) is 5.92 Å². The van der Waals surface area contributed by atoms with Gasteiger partial charge in [-0.1, -0.05) is 6.07 Å². The number of carbonyl (C=O) groups is 2. The summed E-state index contributed by atoms with van der Waals surface area (Å²) in [4.78, 5) is 32.2. The van der Waals surface area contributed by atoms with E-state index in [0.717, 1.165) is 11.4 Å². The molecule has 7 nitrogen and oxygen atoms in total. The molecule has 0 bridgehead atoms. The minimum atomic E-state index is -0.0902. The molecule has 0 spiro atoms. The van der Waals surface area contributed by atoms with Crippen LogP contribution in [0.2, 0.25) is 0 Å². The van der Waals surface area contributed by atoms with Gasteiger partial charge in [0.25, 0.3) is 0 Å². The van der Waals surface area contributed by atoms with E-state index in [9.17, 15) is 9.59 Å². The number of likely N-dealkylation sites (tertiary alicyclic amines) is 2. The lowest BCUT2D eigenvalue weighted by Gasteiger charge is -2.39. The summed E-state index contributed by atoms with van der Waals surface area (Å²) in [7, 11) is 0. The number of aromatic nitrogens is 1. The largest absolute Gasteiger partial charge is 0.487 e. The normalized spacial score (nSPS) is 19.1. The van der Waals surface area contributed by atoms with E-state index in [-0.39, 0.29) is 18.0 Å². The second-order valence-electron chi connectivity index (χ2n) is 8.53. The predicted octanol–water partition coefficient (Wildman–Crippen LogP) is 3.10. The van der Waals surface area contributed by atoms with Crippen molar-refractivity contribution in [3.8, 4) is 5.75 Å². The van der Waals surface area contributed by atoms with Crippen LogP contribution in [0.1, 0.15) is 30.7 Å². The molecule has 0 radical (unpaired) electrons. The average molecular weight is 406 g/mol. The van der Waals surface area contributed by atoms with E-state index in [0.29, 0.717) is 44.4 Å². The molecule has 3 aliphatic rings.